The van der Waals surface area contributed by atoms with Crippen LogP contribution in [-0.4, -0.2) is 25.7 Å². The van der Waals surface area contributed by atoms with Crippen LogP contribution in [-0.2, 0) is 9.53 Å². The van der Waals surface area contributed by atoms with E-state index in [-0.39, 0.29) is 5.91 Å². The number of benzene rings is 1. The first-order chi connectivity index (χ1) is 9.46. The molecule has 0 aromatic heterocycles. The van der Waals surface area contributed by atoms with Crippen molar-refractivity contribution < 1.29 is 14.3 Å². The molecule has 1 aromatic carbocycles. The molecule has 1 N–H and O–H groups in total. The zero-order chi connectivity index (χ0) is 15.2. The van der Waals surface area contributed by atoms with Crippen molar-refractivity contribution in [2.75, 3.05) is 19.5 Å². The van der Waals surface area contributed by atoms with E-state index in [1.165, 1.54) is 0 Å². The molecular weight excluding hydrogens is 278 g/mol. The third-order valence-corrected chi connectivity index (χ3v) is 3.64. The summed E-state index contributed by atoms with van der Waals surface area (Å²) in [5.41, 5.74) is -0.205. The van der Waals surface area contributed by atoms with Crippen LogP contribution >= 0.6 is 11.6 Å². The highest BCUT2D eigenvalue weighted by molar-refractivity contribution is 6.32. The van der Waals surface area contributed by atoms with Crippen LogP contribution < -0.4 is 10.1 Å². The molecule has 4 nitrogen and oxygen atoms in total. The van der Waals surface area contributed by atoms with Crippen LogP contribution in [0.15, 0.2) is 18.2 Å². The number of nitrogens with one attached hydrogen (secondary N) is 1. The molecule has 0 aliphatic rings. The predicted molar refractivity (Wildman–Crippen MR) is 81.6 cm³/mol. The maximum absolute atomic E-state index is 12.3. The fourth-order valence-corrected chi connectivity index (χ4v) is 2.09. The molecule has 1 rings (SSSR count). The maximum atomic E-state index is 12.3. The van der Waals surface area contributed by atoms with Gasteiger partial charge in [0.1, 0.15) is 11.4 Å². The molecule has 0 fully saturated rings. The van der Waals surface area contributed by atoms with Gasteiger partial charge < -0.3 is 14.8 Å². The van der Waals surface area contributed by atoms with Gasteiger partial charge in [-0.2, -0.15) is 0 Å². The zero-order valence-corrected chi connectivity index (χ0v) is 13.2. The van der Waals surface area contributed by atoms with Crippen molar-refractivity contribution in [3.05, 3.63) is 23.2 Å². The van der Waals surface area contributed by atoms with Gasteiger partial charge in [-0.1, -0.05) is 31.4 Å². The Bertz CT molecular complexity index is 464. The fourth-order valence-electron chi connectivity index (χ4n) is 1.83. The van der Waals surface area contributed by atoms with Crippen LogP contribution in [0, 0.1) is 0 Å². The van der Waals surface area contributed by atoms with Crippen molar-refractivity contribution in [1.29, 1.82) is 0 Å². The largest absolute Gasteiger partial charge is 0.495 e. The molecule has 0 aliphatic carbocycles. The Morgan fingerprint density at radius 1 is 1.40 bits per heavy atom. The van der Waals surface area contributed by atoms with Crippen molar-refractivity contribution in [2.24, 2.45) is 0 Å². The highest BCUT2D eigenvalue weighted by atomic mass is 35.5. The normalized spacial score (nSPS) is 13.7. The molecule has 0 radical (unpaired) electrons. The van der Waals surface area contributed by atoms with E-state index < -0.39 is 5.60 Å². The van der Waals surface area contributed by atoms with E-state index in [1.54, 1.807) is 39.3 Å². The number of amides is 1. The summed E-state index contributed by atoms with van der Waals surface area (Å²) in [6, 6.07) is 5.13. The standard InChI is InChI=1S/C15H22ClNO3/c1-5-6-9-15(2,20-4)14(18)17-11-7-8-13(19-3)12(16)10-11/h7-8,10H,5-6,9H2,1-4H3,(H,17,18)/t15-/m0/s1. The number of carbonyl (C=O) groups is 1. The molecule has 0 heterocycles. The number of anilines is 1. The summed E-state index contributed by atoms with van der Waals surface area (Å²) in [5.74, 6) is 0.403. The third kappa shape index (κ3) is 4.12. The first-order valence-corrected chi connectivity index (χ1v) is 7.04. The van der Waals surface area contributed by atoms with Crippen LogP contribution in [0.3, 0.4) is 0 Å². The highest BCUT2D eigenvalue weighted by Crippen LogP contribution is 2.28. The van der Waals surface area contributed by atoms with Crippen LogP contribution in [0.5, 0.6) is 5.75 Å². The second-order valence-corrected chi connectivity index (χ2v) is 5.25. The summed E-state index contributed by atoms with van der Waals surface area (Å²) in [5, 5.41) is 3.29. The lowest BCUT2D eigenvalue weighted by atomic mass is 9.97. The first kappa shape index (κ1) is 16.8. The number of methoxy groups -OCH3 is 2. The molecule has 5 heteroatoms. The number of halogens is 1. The lowest BCUT2D eigenvalue weighted by molar-refractivity contribution is -0.136. The first-order valence-electron chi connectivity index (χ1n) is 6.67. The van der Waals surface area contributed by atoms with E-state index in [2.05, 4.69) is 12.2 Å². The van der Waals surface area contributed by atoms with Gasteiger partial charge in [-0.3, -0.25) is 4.79 Å². The smallest absolute Gasteiger partial charge is 0.256 e. The van der Waals surface area contributed by atoms with Gasteiger partial charge in [0.05, 0.1) is 12.1 Å². The van der Waals surface area contributed by atoms with E-state index in [0.717, 1.165) is 12.8 Å². The molecule has 1 atom stereocenters. The summed E-state index contributed by atoms with van der Waals surface area (Å²) in [6.45, 7) is 3.88. The van der Waals surface area contributed by atoms with Gasteiger partial charge in [-0.05, 0) is 31.5 Å². The van der Waals surface area contributed by atoms with Gasteiger partial charge in [0, 0.05) is 12.8 Å². The molecule has 0 aliphatic heterocycles. The van der Waals surface area contributed by atoms with Crippen LogP contribution in [0.2, 0.25) is 5.02 Å². The van der Waals surface area contributed by atoms with Gasteiger partial charge in [0.2, 0.25) is 0 Å². The number of rotatable bonds is 7. The maximum Gasteiger partial charge on any atom is 0.256 e. The predicted octanol–water partition coefficient (Wildman–Crippen LogP) is 3.88. The molecular formula is C15H22ClNO3. The average Bonchev–Trinajstić information content (AvgIpc) is 2.44. The Kier molecular flexibility index (Phi) is 6.30. The number of hydrogen-bond donors (Lipinski definition) is 1. The molecule has 0 spiro atoms. The Morgan fingerprint density at radius 2 is 2.10 bits per heavy atom. The van der Waals surface area contributed by atoms with Crippen LogP contribution in [0.1, 0.15) is 33.1 Å². The second-order valence-electron chi connectivity index (χ2n) is 4.84. The lowest BCUT2D eigenvalue weighted by Crippen LogP contribution is -2.41. The summed E-state index contributed by atoms with van der Waals surface area (Å²) >= 11 is 6.04. The minimum atomic E-state index is -0.831. The van der Waals surface area contributed by atoms with Gasteiger partial charge in [0.25, 0.3) is 5.91 Å². The highest BCUT2D eigenvalue weighted by Gasteiger charge is 2.32. The number of carbonyl (C=O) groups excluding carboxylic acids is 1. The van der Waals surface area contributed by atoms with E-state index >= 15 is 0 Å². The van der Waals surface area contributed by atoms with Crippen LogP contribution in [0.4, 0.5) is 5.69 Å². The van der Waals surface area contributed by atoms with Crippen molar-refractivity contribution in [2.45, 2.75) is 38.7 Å². The molecule has 20 heavy (non-hydrogen) atoms. The van der Waals surface area contributed by atoms with Crippen molar-refractivity contribution in [1.82, 2.24) is 0 Å². The summed E-state index contributed by atoms with van der Waals surface area (Å²) in [4.78, 5) is 12.3. The molecule has 0 saturated heterocycles. The Morgan fingerprint density at radius 3 is 2.60 bits per heavy atom. The Hall–Kier alpha value is -1.26. The van der Waals surface area contributed by atoms with E-state index in [0.29, 0.717) is 22.9 Å². The van der Waals surface area contributed by atoms with Crippen LogP contribution in [0.25, 0.3) is 0 Å². The van der Waals surface area contributed by atoms with Gasteiger partial charge in [0.15, 0.2) is 0 Å². The summed E-state index contributed by atoms with van der Waals surface area (Å²) in [6.07, 6.45) is 2.62. The molecule has 0 saturated carbocycles. The lowest BCUT2D eigenvalue weighted by Gasteiger charge is -2.26. The number of hydrogen-bond acceptors (Lipinski definition) is 3. The third-order valence-electron chi connectivity index (χ3n) is 3.35. The minimum Gasteiger partial charge on any atom is -0.495 e. The molecule has 1 aromatic rings. The zero-order valence-electron chi connectivity index (χ0n) is 12.5. The second kappa shape index (κ2) is 7.50. The monoisotopic (exact) mass is 299 g/mol. The molecule has 1 amide bonds. The van der Waals surface area contributed by atoms with E-state index in [4.69, 9.17) is 21.1 Å². The molecule has 0 bridgehead atoms. The Balaban J connectivity index is 2.80. The number of unbranched alkanes of at least 4 members (excludes halogenated alkanes) is 1. The minimum absolute atomic E-state index is 0.172. The van der Waals surface area contributed by atoms with E-state index in [9.17, 15) is 4.79 Å². The summed E-state index contributed by atoms with van der Waals surface area (Å²) < 4.78 is 10.5. The molecule has 0 unspecified atom stereocenters. The SMILES string of the molecule is CCCC[C@](C)(OC)C(=O)Nc1ccc(OC)c(Cl)c1. The quantitative estimate of drug-likeness (QED) is 0.831. The van der Waals surface area contributed by atoms with Crippen molar-refractivity contribution >= 4 is 23.2 Å². The van der Waals surface area contributed by atoms with Gasteiger partial charge >= 0.3 is 0 Å². The van der Waals surface area contributed by atoms with Crippen molar-refractivity contribution in [3.63, 3.8) is 0 Å². The number of ether oxygens (including phenoxy) is 2. The van der Waals surface area contributed by atoms with Gasteiger partial charge in [-0.15, -0.1) is 0 Å². The van der Waals surface area contributed by atoms with Crippen molar-refractivity contribution in [3.8, 4) is 5.75 Å². The fraction of sp³-hybridized carbons (Fsp3) is 0.533. The summed E-state index contributed by atoms with van der Waals surface area (Å²) in [7, 11) is 3.10. The van der Waals surface area contributed by atoms with E-state index in [1.807, 2.05) is 0 Å². The molecule has 112 valence electrons. The van der Waals surface area contributed by atoms with Gasteiger partial charge in [-0.25, -0.2) is 0 Å². The average molecular weight is 300 g/mol. The Labute approximate surface area is 125 Å². The topological polar surface area (TPSA) is 47.6 Å².